The van der Waals surface area contributed by atoms with Gasteiger partial charge in [0.15, 0.2) is 0 Å². The van der Waals surface area contributed by atoms with Crippen molar-refractivity contribution in [3.05, 3.63) is 0 Å². The van der Waals surface area contributed by atoms with Gasteiger partial charge in [-0.25, -0.2) is 0 Å². The number of hydrogen-bond acceptors (Lipinski definition) is 2. The van der Waals surface area contributed by atoms with E-state index in [9.17, 15) is 4.79 Å². The van der Waals surface area contributed by atoms with Crippen LogP contribution in [0.2, 0.25) is 0 Å². The highest BCUT2D eigenvalue weighted by atomic mass is 16.1. The van der Waals surface area contributed by atoms with Gasteiger partial charge in [-0.05, 0) is 38.5 Å². The zero-order chi connectivity index (χ0) is 11.8. The molecule has 0 aromatic carbocycles. The molecule has 1 saturated carbocycles. The van der Waals surface area contributed by atoms with E-state index in [2.05, 4.69) is 11.8 Å². The summed E-state index contributed by atoms with van der Waals surface area (Å²) in [5.41, 5.74) is 0. The van der Waals surface area contributed by atoms with Crippen LogP contribution in [-0.2, 0) is 4.79 Å². The summed E-state index contributed by atoms with van der Waals surface area (Å²) >= 11 is 0. The summed E-state index contributed by atoms with van der Waals surface area (Å²) in [7, 11) is 0. The summed E-state index contributed by atoms with van der Waals surface area (Å²) in [6.07, 6.45) is 11.4. The second kappa shape index (κ2) is 4.72. The van der Waals surface area contributed by atoms with E-state index in [4.69, 9.17) is 0 Å². The Morgan fingerprint density at radius 3 is 2.18 bits per heavy atom. The topological polar surface area (TPSA) is 20.3 Å². The average Bonchev–Trinajstić information content (AvgIpc) is 2.62. The monoisotopic (exact) mass is 235 g/mol. The maximum atomic E-state index is 11.6. The van der Waals surface area contributed by atoms with Crippen LogP contribution in [0.5, 0.6) is 0 Å². The highest BCUT2D eigenvalue weighted by molar-refractivity contribution is 5.81. The first-order chi connectivity index (χ1) is 8.25. The molecule has 3 fully saturated rings. The Bertz CT molecular complexity index is 279. The molecule has 2 bridgehead atoms. The van der Waals surface area contributed by atoms with E-state index in [-0.39, 0.29) is 0 Å². The van der Waals surface area contributed by atoms with Gasteiger partial charge in [-0.2, -0.15) is 0 Å². The Morgan fingerprint density at radius 2 is 1.59 bits per heavy atom. The summed E-state index contributed by atoms with van der Waals surface area (Å²) in [5.74, 6) is 1.42. The second-order valence-corrected chi connectivity index (χ2v) is 6.42. The van der Waals surface area contributed by atoms with E-state index in [1.807, 2.05) is 0 Å². The minimum Gasteiger partial charge on any atom is -0.300 e. The third kappa shape index (κ3) is 2.16. The van der Waals surface area contributed by atoms with Gasteiger partial charge in [0.25, 0.3) is 0 Å². The molecule has 3 atom stereocenters. The van der Waals surface area contributed by atoms with Gasteiger partial charge in [0, 0.05) is 31.0 Å². The number of Topliss-reactive ketones (excluding diaryl/α,β-unsaturated/α-hetero) is 1. The molecule has 2 aliphatic heterocycles. The largest absolute Gasteiger partial charge is 0.300 e. The molecule has 2 unspecified atom stereocenters. The van der Waals surface area contributed by atoms with Crippen molar-refractivity contribution in [2.45, 2.75) is 82.8 Å². The van der Waals surface area contributed by atoms with Gasteiger partial charge in [-0.15, -0.1) is 0 Å². The van der Waals surface area contributed by atoms with Crippen LogP contribution in [0.1, 0.15) is 64.7 Å². The number of ketones is 1. The quantitative estimate of drug-likeness (QED) is 0.733. The Morgan fingerprint density at radius 1 is 1.00 bits per heavy atom. The van der Waals surface area contributed by atoms with Gasteiger partial charge in [-0.3, -0.25) is 9.69 Å². The van der Waals surface area contributed by atoms with Gasteiger partial charge in [0.2, 0.25) is 0 Å². The summed E-state index contributed by atoms with van der Waals surface area (Å²) in [6, 6.07) is 1.91. The summed E-state index contributed by atoms with van der Waals surface area (Å²) in [6.45, 7) is 2.43. The molecule has 1 aliphatic carbocycles. The number of rotatable bonds is 2. The molecule has 3 aliphatic rings. The maximum absolute atomic E-state index is 11.6. The van der Waals surface area contributed by atoms with Crippen LogP contribution >= 0.6 is 0 Å². The number of carbonyl (C=O) groups excluding carboxylic acids is 1. The number of fused-ring (bicyclic) bond motifs is 2. The van der Waals surface area contributed by atoms with E-state index < -0.39 is 0 Å². The minimum atomic E-state index is 0.518. The Hall–Kier alpha value is -0.370. The van der Waals surface area contributed by atoms with Crippen LogP contribution in [0.15, 0.2) is 0 Å². The molecule has 0 aromatic rings. The third-order valence-corrected chi connectivity index (χ3v) is 5.41. The standard InChI is InChI=1S/C15H25NO/c1-11(12-5-3-2-4-6-12)16-13-7-8-14(16)10-15(17)9-13/h11-14H,2-10H2,1H3/t11-,13?,14?/m1/s1. The lowest BCUT2D eigenvalue weighted by Crippen LogP contribution is -2.50. The van der Waals surface area contributed by atoms with Crippen LogP contribution < -0.4 is 0 Å². The molecule has 0 N–H and O–H groups in total. The third-order valence-electron chi connectivity index (χ3n) is 5.41. The van der Waals surface area contributed by atoms with E-state index >= 15 is 0 Å². The number of hydrogen-bond donors (Lipinski definition) is 0. The van der Waals surface area contributed by atoms with Crippen molar-refractivity contribution in [3.8, 4) is 0 Å². The van der Waals surface area contributed by atoms with Crippen molar-refractivity contribution in [1.29, 1.82) is 0 Å². The van der Waals surface area contributed by atoms with Crippen molar-refractivity contribution in [3.63, 3.8) is 0 Å². The van der Waals surface area contributed by atoms with E-state index in [0.29, 0.717) is 17.9 Å². The van der Waals surface area contributed by atoms with Gasteiger partial charge in [0.05, 0.1) is 0 Å². The van der Waals surface area contributed by atoms with Crippen molar-refractivity contribution in [2.75, 3.05) is 0 Å². The number of nitrogens with zero attached hydrogens (tertiary/aromatic N) is 1. The Balaban J connectivity index is 1.69. The molecule has 96 valence electrons. The fourth-order valence-corrected chi connectivity index (χ4v) is 4.53. The van der Waals surface area contributed by atoms with Gasteiger partial charge < -0.3 is 0 Å². The van der Waals surface area contributed by atoms with E-state index in [0.717, 1.165) is 24.8 Å². The van der Waals surface area contributed by atoms with Crippen molar-refractivity contribution < 1.29 is 4.79 Å². The van der Waals surface area contributed by atoms with Crippen molar-refractivity contribution in [1.82, 2.24) is 4.90 Å². The second-order valence-electron chi connectivity index (χ2n) is 6.42. The van der Waals surface area contributed by atoms with Gasteiger partial charge >= 0.3 is 0 Å². The van der Waals surface area contributed by atoms with Crippen LogP contribution in [-0.4, -0.2) is 28.8 Å². The van der Waals surface area contributed by atoms with Crippen molar-refractivity contribution in [2.24, 2.45) is 5.92 Å². The zero-order valence-electron chi connectivity index (χ0n) is 11.0. The molecule has 2 saturated heterocycles. The molecule has 0 radical (unpaired) electrons. The van der Waals surface area contributed by atoms with Crippen molar-refractivity contribution >= 4 is 5.78 Å². The molecule has 0 aromatic heterocycles. The highest BCUT2D eigenvalue weighted by Crippen LogP contribution is 2.39. The highest BCUT2D eigenvalue weighted by Gasteiger charge is 2.43. The summed E-state index contributed by atoms with van der Waals surface area (Å²) < 4.78 is 0. The Labute approximate surface area is 105 Å². The predicted molar refractivity (Wildman–Crippen MR) is 68.9 cm³/mol. The fraction of sp³-hybridized carbons (Fsp3) is 0.933. The van der Waals surface area contributed by atoms with Crippen LogP contribution in [0.4, 0.5) is 0 Å². The minimum absolute atomic E-state index is 0.518. The molecule has 0 spiro atoms. The smallest absolute Gasteiger partial charge is 0.136 e. The molecule has 2 heteroatoms. The fourth-order valence-electron chi connectivity index (χ4n) is 4.53. The molecular weight excluding hydrogens is 210 g/mol. The van der Waals surface area contributed by atoms with Crippen LogP contribution in [0.3, 0.4) is 0 Å². The van der Waals surface area contributed by atoms with Gasteiger partial charge in [0.1, 0.15) is 5.78 Å². The van der Waals surface area contributed by atoms with Crippen LogP contribution in [0.25, 0.3) is 0 Å². The SMILES string of the molecule is C[C@H](C1CCCCC1)N1C2CCC1CC(=O)C2. The first kappa shape index (κ1) is 11.7. The maximum Gasteiger partial charge on any atom is 0.136 e. The molecule has 2 nitrogen and oxygen atoms in total. The lowest BCUT2D eigenvalue weighted by molar-refractivity contribution is -0.124. The van der Waals surface area contributed by atoms with Gasteiger partial charge in [-0.1, -0.05) is 19.3 Å². The first-order valence-electron chi connectivity index (χ1n) is 7.55. The number of carbonyl (C=O) groups is 1. The predicted octanol–water partition coefficient (Wildman–Crippen LogP) is 3.15. The van der Waals surface area contributed by atoms with Crippen LogP contribution in [0, 0.1) is 5.92 Å². The summed E-state index contributed by atoms with van der Waals surface area (Å²) in [5, 5.41) is 0. The molecule has 2 heterocycles. The zero-order valence-corrected chi connectivity index (χ0v) is 11.0. The normalized spacial score (nSPS) is 37.4. The summed E-state index contributed by atoms with van der Waals surface area (Å²) in [4.78, 5) is 14.4. The molecular formula is C15H25NO. The average molecular weight is 235 g/mol. The molecule has 17 heavy (non-hydrogen) atoms. The molecule has 0 amide bonds. The Kier molecular flexibility index (Phi) is 3.25. The molecule has 3 rings (SSSR count). The van der Waals surface area contributed by atoms with E-state index in [1.54, 1.807) is 0 Å². The lowest BCUT2D eigenvalue weighted by atomic mass is 9.82. The lowest BCUT2D eigenvalue weighted by Gasteiger charge is -2.43. The number of piperidine rings is 1. The van der Waals surface area contributed by atoms with E-state index in [1.165, 1.54) is 44.9 Å². The first-order valence-corrected chi connectivity index (χ1v) is 7.55.